The summed E-state index contributed by atoms with van der Waals surface area (Å²) in [4.78, 5) is 14.9. The van der Waals surface area contributed by atoms with Crippen molar-refractivity contribution in [1.29, 1.82) is 5.26 Å². The number of benzene rings is 2. The van der Waals surface area contributed by atoms with Crippen LogP contribution >= 0.6 is 0 Å². The van der Waals surface area contributed by atoms with Gasteiger partial charge in [-0.05, 0) is 35.6 Å². The number of hydrogen-bond acceptors (Lipinski definition) is 3. The molecule has 3 rings (SSSR count). The first-order valence-corrected chi connectivity index (χ1v) is 9.29. The normalized spacial score (nSPS) is 15.0. The number of hydrogen-bond donors (Lipinski definition) is 0. The van der Waals surface area contributed by atoms with E-state index < -0.39 is 6.10 Å². The molecular weight excluding hydrogens is 336 g/mol. The van der Waals surface area contributed by atoms with E-state index in [4.69, 9.17) is 4.74 Å². The monoisotopic (exact) mass is 360 g/mol. The van der Waals surface area contributed by atoms with Gasteiger partial charge in [-0.2, -0.15) is 5.26 Å². The second-order valence-electron chi connectivity index (χ2n) is 7.02. The topological polar surface area (TPSA) is 53.3 Å². The summed E-state index contributed by atoms with van der Waals surface area (Å²) in [7, 11) is 0. The lowest BCUT2D eigenvalue weighted by Crippen LogP contribution is -2.46. The van der Waals surface area contributed by atoms with Gasteiger partial charge in [-0.3, -0.25) is 4.79 Å². The number of rotatable bonds is 5. The standard InChI is InChI=1S/C23H24N2O2/c1-17(2)22(27-21-11-7-6-10-20(21)16-24)23(26)25-14-12-19(13-15-25)18-8-4-3-5-9-18/h3-12,17,22H,13-15H2,1-2H3. The minimum atomic E-state index is -0.605. The molecule has 0 fully saturated rings. The largest absolute Gasteiger partial charge is 0.479 e. The van der Waals surface area contributed by atoms with Crippen molar-refractivity contribution >= 4 is 11.5 Å². The molecule has 1 amide bonds. The first-order chi connectivity index (χ1) is 13.1. The molecule has 138 valence electrons. The van der Waals surface area contributed by atoms with Crippen molar-refractivity contribution in [2.75, 3.05) is 13.1 Å². The molecule has 4 heteroatoms. The van der Waals surface area contributed by atoms with E-state index in [9.17, 15) is 10.1 Å². The zero-order valence-corrected chi connectivity index (χ0v) is 15.8. The fourth-order valence-electron chi connectivity index (χ4n) is 3.23. The molecule has 1 unspecified atom stereocenters. The van der Waals surface area contributed by atoms with E-state index in [1.54, 1.807) is 18.2 Å². The van der Waals surface area contributed by atoms with Crippen LogP contribution in [-0.4, -0.2) is 30.0 Å². The zero-order valence-electron chi connectivity index (χ0n) is 15.8. The predicted molar refractivity (Wildman–Crippen MR) is 106 cm³/mol. The van der Waals surface area contributed by atoms with Gasteiger partial charge in [0, 0.05) is 13.1 Å². The van der Waals surface area contributed by atoms with Crippen LogP contribution in [0.15, 0.2) is 60.7 Å². The second-order valence-corrected chi connectivity index (χ2v) is 7.02. The van der Waals surface area contributed by atoms with E-state index in [2.05, 4.69) is 24.3 Å². The van der Waals surface area contributed by atoms with Gasteiger partial charge in [-0.1, -0.05) is 62.4 Å². The van der Waals surface area contributed by atoms with Crippen LogP contribution in [0.3, 0.4) is 0 Å². The highest BCUT2D eigenvalue weighted by molar-refractivity contribution is 5.83. The lowest BCUT2D eigenvalue weighted by atomic mass is 9.98. The van der Waals surface area contributed by atoms with E-state index in [0.717, 1.165) is 6.42 Å². The summed E-state index contributed by atoms with van der Waals surface area (Å²) in [6, 6.07) is 19.4. The molecule has 0 aliphatic carbocycles. The molecule has 0 aromatic heterocycles. The van der Waals surface area contributed by atoms with Crippen molar-refractivity contribution in [2.45, 2.75) is 26.4 Å². The van der Waals surface area contributed by atoms with Crippen LogP contribution in [0.1, 0.15) is 31.4 Å². The number of nitrogens with zero attached hydrogens (tertiary/aromatic N) is 2. The van der Waals surface area contributed by atoms with Crippen LogP contribution < -0.4 is 4.74 Å². The van der Waals surface area contributed by atoms with Crippen molar-refractivity contribution < 1.29 is 9.53 Å². The van der Waals surface area contributed by atoms with Gasteiger partial charge >= 0.3 is 0 Å². The summed E-state index contributed by atoms with van der Waals surface area (Å²) in [5.74, 6) is 0.439. The molecule has 27 heavy (non-hydrogen) atoms. The summed E-state index contributed by atoms with van der Waals surface area (Å²) < 4.78 is 5.99. The zero-order chi connectivity index (χ0) is 19.2. The minimum Gasteiger partial charge on any atom is -0.479 e. The highest BCUT2D eigenvalue weighted by Gasteiger charge is 2.30. The van der Waals surface area contributed by atoms with Gasteiger partial charge in [0.15, 0.2) is 6.10 Å². The Kier molecular flexibility index (Phi) is 5.93. The van der Waals surface area contributed by atoms with Crippen LogP contribution in [0, 0.1) is 17.2 Å². The first kappa shape index (κ1) is 18.7. The van der Waals surface area contributed by atoms with Gasteiger partial charge < -0.3 is 9.64 Å². The maximum absolute atomic E-state index is 13.1. The first-order valence-electron chi connectivity index (χ1n) is 9.29. The van der Waals surface area contributed by atoms with E-state index in [1.165, 1.54) is 11.1 Å². The Morgan fingerprint density at radius 1 is 1.11 bits per heavy atom. The Labute approximate surface area is 160 Å². The maximum atomic E-state index is 13.1. The number of amides is 1. The highest BCUT2D eigenvalue weighted by Crippen LogP contribution is 2.25. The predicted octanol–water partition coefficient (Wildman–Crippen LogP) is 4.28. The molecule has 0 radical (unpaired) electrons. The molecule has 1 atom stereocenters. The Balaban J connectivity index is 1.73. The van der Waals surface area contributed by atoms with E-state index in [1.807, 2.05) is 43.0 Å². The van der Waals surface area contributed by atoms with Crippen molar-refractivity contribution in [1.82, 2.24) is 4.90 Å². The third-order valence-corrected chi connectivity index (χ3v) is 4.78. The average Bonchev–Trinajstić information content (AvgIpc) is 2.72. The number of carbonyl (C=O) groups excluding carboxylic acids is 1. The van der Waals surface area contributed by atoms with Crippen molar-refractivity contribution in [3.05, 3.63) is 71.8 Å². The molecule has 0 spiro atoms. The number of ether oxygens (including phenoxy) is 1. The Bertz CT molecular complexity index is 865. The second kappa shape index (κ2) is 8.55. The van der Waals surface area contributed by atoms with Gasteiger partial charge in [0.1, 0.15) is 11.8 Å². The Hall–Kier alpha value is -3.06. The summed E-state index contributed by atoms with van der Waals surface area (Å²) in [5, 5.41) is 9.26. The minimum absolute atomic E-state index is 0.00347. The van der Waals surface area contributed by atoms with Gasteiger partial charge in [-0.25, -0.2) is 0 Å². The van der Waals surface area contributed by atoms with Crippen molar-refractivity contribution in [3.63, 3.8) is 0 Å². The van der Waals surface area contributed by atoms with Crippen molar-refractivity contribution in [3.8, 4) is 11.8 Å². The maximum Gasteiger partial charge on any atom is 0.264 e. The third-order valence-electron chi connectivity index (χ3n) is 4.78. The lowest BCUT2D eigenvalue weighted by molar-refractivity contribution is -0.140. The summed E-state index contributed by atoms with van der Waals surface area (Å²) in [5.41, 5.74) is 2.93. The molecule has 4 nitrogen and oxygen atoms in total. The summed E-state index contributed by atoms with van der Waals surface area (Å²) in [6.07, 6.45) is 2.35. The highest BCUT2D eigenvalue weighted by atomic mass is 16.5. The van der Waals surface area contributed by atoms with Crippen molar-refractivity contribution in [2.24, 2.45) is 5.92 Å². The van der Waals surface area contributed by atoms with Crippen LogP contribution in [0.4, 0.5) is 0 Å². The molecule has 0 saturated carbocycles. The molecule has 0 saturated heterocycles. The number of para-hydroxylation sites is 1. The molecule has 1 heterocycles. The average molecular weight is 360 g/mol. The van der Waals surface area contributed by atoms with Gasteiger partial charge in [0.25, 0.3) is 5.91 Å². The van der Waals surface area contributed by atoms with Crippen LogP contribution in [-0.2, 0) is 4.79 Å². The molecule has 0 N–H and O–H groups in total. The molecule has 2 aromatic rings. The summed E-state index contributed by atoms with van der Waals surface area (Å²) >= 11 is 0. The smallest absolute Gasteiger partial charge is 0.264 e. The fourth-order valence-corrected chi connectivity index (χ4v) is 3.23. The van der Waals surface area contributed by atoms with Gasteiger partial charge in [0.2, 0.25) is 0 Å². The molecule has 1 aliphatic heterocycles. The van der Waals surface area contributed by atoms with Gasteiger partial charge in [-0.15, -0.1) is 0 Å². The van der Waals surface area contributed by atoms with Gasteiger partial charge in [0.05, 0.1) is 5.56 Å². The lowest BCUT2D eigenvalue weighted by Gasteiger charge is -2.32. The molecule has 2 aromatic carbocycles. The molecule has 1 aliphatic rings. The summed E-state index contributed by atoms with van der Waals surface area (Å²) in [6.45, 7) is 5.18. The third kappa shape index (κ3) is 4.38. The van der Waals surface area contributed by atoms with Crippen LogP contribution in [0.5, 0.6) is 5.75 Å². The Morgan fingerprint density at radius 3 is 2.44 bits per heavy atom. The van der Waals surface area contributed by atoms with Crippen LogP contribution in [0.2, 0.25) is 0 Å². The molecule has 0 bridgehead atoms. The van der Waals surface area contributed by atoms with Crippen LogP contribution in [0.25, 0.3) is 5.57 Å². The van der Waals surface area contributed by atoms with E-state index in [-0.39, 0.29) is 11.8 Å². The Morgan fingerprint density at radius 2 is 1.81 bits per heavy atom. The number of carbonyl (C=O) groups is 1. The fraction of sp³-hybridized carbons (Fsp3) is 0.304. The number of nitriles is 1. The van der Waals surface area contributed by atoms with E-state index in [0.29, 0.717) is 24.4 Å². The van der Waals surface area contributed by atoms with E-state index >= 15 is 0 Å². The quantitative estimate of drug-likeness (QED) is 0.800. The molecular formula is C23H24N2O2. The SMILES string of the molecule is CC(C)C(Oc1ccccc1C#N)C(=O)N1CC=C(c2ccccc2)CC1.